The summed E-state index contributed by atoms with van der Waals surface area (Å²) in [5, 5.41) is 0. The SMILES string of the molecule is CC.CC.Cc1ccc2c(c1)C(c1ccc3c(c1)CC3)(c1ccc3c(c1)CC3)c1cc(C)ccc1-2. The van der Waals surface area contributed by atoms with Crippen molar-refractivity contribution in [3.05, 3.63) is 128 Å². The molecule has 0 unspecified atom stereocenters. The van der Waals surface area contributed by atoms with Gasteiger partial charge in [0.15, 0.2) is 0 Å². The number of hydrogen-bond donors (Lipinski definition) is 0. The van der Waals surface area contributed by atoms with E-state index in [4.69, 9.17) is 0 Å². The topological polar surface area (TPSA) is 0 Å². The molecule has 0 aromatic heterocycles. The van der Waals surface area contributed by atoms with Gasteiger partial charge in [0.2, 0.25) is 0 Å². The second kappa shape index (κ2) is 9.15. The third-order valence-electron chi connectivity index (χ3n) is 8.05. The molecule has 7 rings (SSSR count). The molecule has 0 fully saturated rings. The number of fused-ring (bicyclic) bond motifs is 5. The summed E-state index contributed by atoms with van der Waals surface area (Å²) in [5.74, 6) is 0. The zero-order valence-electron chi connectivity index (χ0n) is 22.3. The van der Waals surface area contributed by atoms with E-state index in [0.717, 1.165) is 0 Å². The Morgan fingerprint density at radius 2 is 0.857 bits per heavy atom. The molecular weight excluding hydrogens is 420 g/mol. The molecule has 3 aliphatic rings. The molecular formula is C35H38. The van der Waals surface area contributed by atoms with Gasteiger partial charge in [-0.3, -0.25) is 0 Å². The van der Waals surface area contributed by atoms with E-state index in [2.05, 4.69) is 86.6 Å². The number of benzene rings is 4. The fraction of sp³-hybridized carbons (Fsp3) is 0.314. The van der Waals surface area contributed by atoms with Crippen LogP contribution in [-0.2, 0) is 31.1 Å². The Morgan fingerprint density at radius 3 is 1.20 bits per heavy atom. The van der Waals surface area contributed by atoms with Gasteiger partial charge in [0.25, 0.3) is 0 Å². The molecule has 0 heteroatoms. The lowest BCUT2D eigenvalue weighted by Gasteiger charge is -2.37. The molecule has 0 aliphatic heterocycles. The lowest BCUT2D eigenvalue weighted by molar-refractivity contribution is 0.739. The molecule has 0 nitrogen and oxygen atoms in total. The summed E-state index contributed by atoms with van der Waals surface area (Å²) in [6.45, 7) is 12.5. The Morgan fingerprint density at radius 1 is 0.457 bits per heavy atom. The monoisotopic (exact) mass is 458 g/mol. The van der Waals surface area contributed by atoms with Gasteiger partial charge in [0, 0.05) is 0 Å². The highest BCUT2D eigenvalue weighted by Crippen LogP contribution is 2.57. The van der Waals surface area contributed by atoms with Gasteiger partial charge in [-0.1, -0.05) is 112 Å². The fourth-order valence-electron chi connectivity index (χ4n) is 6.20. The van der Waals surface area contributed by atoms with Gasteiger partial charge in [-0.25, -0.2) is 0 Å². The van der Waals surface area contributed by atoms with Crippen molar-refractivity contribution in [1.82, 2.24) is 0 Å². The first-order chi connectivity index (χ1) is 17.1. The minimum absolute atomic E-state index is 0.238. The van der Waals surface area contributed by atoms with E-state index >= 15 is 0 Å². The van der Waals surface area contributed by atoms with Gasteiger partial charge in [0.05, 0.1) is 5.41 Å². The highest BCUT2D eigenvalue weighted by atomic mass is 14.5. The van der Waals surface area contributed by atoms with Crippen LogP contribution >= 0.6 is 0 Å². The zero-order valence-corrected chi connectivity index (χ0v) is 22.3. The summed E-state index contributed by atoms with van der Waals surface area (Å²) in [6, 6.07) is 28.8. The summed E-state index contributed by atoms with van der Waals surface area (Å²) in [5.41, 5.74) is 17.1. The molecule has 0 radical (unpaired) electrons. The fourth-order valence-corrected chi connectivity index (χ4v) is 6.20. The summed E-state index contributed by atoms with van der Waals surface area (Å²) in [7, 11) is 0. The Balaban J connectivity index is 0.000000605. The van der Waals surface area contributed by atoms with Gasteiger partial charge in [-0.05, 0) is 95.2 Å². The van der Waals surface area contributed by atoms with Crippen LogP contribution in [-0.4, -0.2) is 0 Å². The van der Waals surface area contributed by atoms with Crippen LogP contribution < -0.4 is 0 Å². The zero-order chi connectivity index (χ0) is 24.7. The molecule has 35 heavy (non-hydrogen) atoms. The van der Waals surface area contributed by atoms with Crippen LogP contribution in [0.15, 0.2) is 72.8 Å². The van der Waals surface area contributed by atoms with E-state index in [1.54, 1.807) is 0 Å². The van der Waals surface area contributed by atoms with Gasteiger partial charge in [-0.15, -0.1) is 0 Å². The van der Waals surface area contributed by atoms with Crippen LogP contribution in [0.1, 0.15) is 83.3 Å². The number of rotatable bonds is 2. The molecule has 3 aliphatic carbocycles. The van der Waals surface area contributed by atoms with E-state index in [1.807, 2.05) is 27.7 Å². The molecule has 178 valence electrons. The first kappa shape index (κ1) is 23.6. The van der Waals surface area contributed by atoms with E-state index in [-0.39, 0.29) is 5.41 Å². The molecule has 0 bridgehead atoms. The van der Waals surface area contributed by atoms with Crippen LogP contribution in [0.2, 0.25) is 0 Å². The Hall–Kier alpha value is -3.12. The lowest BCUT2D eigenvalue weighted by atomic mass is 9.65. The van der Waals surface area contributed by atoms with E-state index in [0.29, 0.717) is 0 Å². The van der Waals surface area contributed by atoms with Crippen LogP contribution in [0.5, 0.6) is 0 Å². The van der Waals surface area contributed by atoms with Crippen molar-refractivity contribution in [2.75, 3.05) is 0 Å². The van der Waals surface area contributed by atoms with Crippen LogP contribution in [0.3, 0.4) is 0 Å². The van der Waals surface area contributed by atoms with E-state index in [9.17, 15) is 0 Å². The molecule has 0 heterocycles. The number of aryl methyl sites for hydroxylation is 6. The van der Waals surface area contributed by atoms with Crippen molar-refractivity contribution in [3.63, 3.8) is 0 Å². The van der Waals surface area contributed by atoms with Crippen molar-refractivity contribution >= 4 is 0 Å². The maximum Gasteiger partial charge on any atom is 0.0713 e. The molecule has 0 amide bonds. The molecule has 0 saturated heterocycles. The summed E-state index contributed by atoms with van der Waals surface area (Å²) in [6.07, 6.45) is 4.88. The quantitative estimate of drug-likeness (QED) is 0.248. The van der Waals surface area contributed by atoms with Crippen molar-refractivity contribution < 1.29 is 0 Å². The summed E-state index contributed by atoms with van der Waals surface area (Å²) >= 11 is 0. The Bertz CT molecular complexity index is 1290. The van der Waals surface area contributed by atoms with Gasteiger partial charge in [-0.2, -0.15) is 0 Å². The highest BCUT2D eigenvalue weighted by Gasteiger charge is 2.47. The Labute approximate surface area is 212 Å². The smallest absolute Gasteiger partial charge is 0.0683 e. The minimum Gasteiger partial charge on any atom is -0.0683 e. The second-order valence-corrected chi connectivity index (χ2v) is 9.82. The first-order valence-electron chi connectivity index (χ1n) is 13.6. The van der Waals surface area contributed by atoms with Crippen LogP contribution in [0, 0.1) is 13.8 Å². The van der Waals surface area contributed by atoms with Crippen molar-refractivity contribution in [2.24, 2.45) is 0 Å². The summed E-state index contributed by atoms with van der Waals surface area (Å²) < 4.78 is 0. The lowest BCUT2D eigenvalue weighted by Crippen LogP contribution is -2.30. The van der Waals surface area contributed by atoms with Gasteiger partial charge < -0.3 is 0 Å². The van der Waals surface area contributed by atoms with E-state index in [1.165, 1.54) is 92.4 Å². The third kappa shape index (κ3) is 3.41. The summed E-state index contributed by atoms with van der Waals surface area (Å²) in [4.78, 5) is 0. The molecule has 0 saturated carbocycles. The average molecular weight is 459 g/mol. The van der Waals surface area contributed by atoms with Gasteiger partial charge >= 0.3 is 0 Å². The molecule has 0 spiro atoms. The largest absolute Gasteiger partial charge is 0.0713 e. The predicted molar refractivity (Wildman–Crippen MR) is 151 cm³/mol. The highest BCUT2D eigenvalue weighted by molar-refractivity contribution is 5.87. The van der Waals surface area contributed by atoms with Crippen LogP contribution in [0.4, 0.5) is 0 Å². The Kier molecular flexibility index (Phi) is 6.18. The van der Waals surface area contributed by atoms with Crippen molar-refractivity contribution in [2.45, 2.75) is 72.6 Å². The third-order valence-corrected chi connectivity index (χ3v) is 8.05. The second-order valence-electron chi connectivity index (χ2n) is 9.82. The maximum absolute atomic E-state index is 2.52. The molecule has 4 aromatic carbocycles. The van der Waals surface area contributed by atoms with Gasteiger partial charge in [0.1, 0.15) is 0 Å². The standard InChI is InChI=1S/C31H26.2C2H6/c1-19-3-13-27-28-14-4-20(2)16-30(28)31(29(27)15-19,25-11-9-21-5-7-23(21)17-25)26-12-10-22-6-8-24(22)18-26;2*1-2/h3-4,9-18H,5-8H2,1-2H3;2*1-2H3. The van der Waals surface area contributed by atoms with Crippen molar-refractivity contribution in [3.8, 4) is 11.1 Å². The van der Waals surface area contributed by atoms with Crippen molar-refractivity contribution in [1.29, 1.82) is 0 Å². The number of hydrogen-bond acceptors (Lipinski definition) is 0. The maximum atomic E-state index is 2.52. The normalized spacial score (nSPS) is 14.9. The predicted octanol–water partition coefficient (Wildman–Crippen LogP) is 8.92. The first-order valence-corrected chi connectivity index (χ1v) is 13.6. The van der Waals surface area contributed by atoms with Crippen LogP contribution in [0.25, 0.3) is 11.1 Å². The molecule has 0 N–H and O–H groups in total. The molecule has 0 atom stereocenters. The minimum atomic E-state index is -0.238. The molecule has 4 aromatic rings. The van der Waals surface area contributed by atoms with E-state index < -0.39 is 0 Å². The average Bonchev–Trinajstić information content (AvgIpc) is 3.13.